The Hall–Kier alpha value is -2.55. The molecular weight excluding hydrogens is 446 g/mol. The lowest BCUT2D eigenvalue weighted by Crippen LogP contribution is -2.42. The van der Waals surface area contributed by atoms with E-state index < -0.39 is 11.9 Å². The van der Waals surface area contributed by atoms with Crippen LogP contribution in [0.4, 0.5) is 10.2 Å². The number of nitrogens with two attached hydrogens (primary N) is 1. The van der Waals surface area contributed by atoms with Crippen LogP contribution in [0, 0.1) is 5.82 Å². The highest BCUT2D eigenvalue weighted by molar-refractivity contribution is 6.36. The van der Waals surface area contributed by atoms with Gasteiger partial charge in [-0.2, -0.15) is 0 Å². The molecule has 1 aromatic carbocycles. The summed E-state index contributed by atoms with van der Waals surface area (Å²) in [5.41, 5.74) is 6.88. The maximum Gasteiger partial charge on any atom is 0.255 e. The third kappa shape index (κ3) is 4.28. The number of rotatable bonds is 5. The van der Waals surface area contributed by atoms with Crippen LogP contribution in [-0.2, 0) is 0 Å². The van der Waals surface area contributed by atoms with Gasteiger partial charge in [0.1, 0.15) is 18.2 Å². The van der Waals surface area contributed by atoms with Crippen LogP contribution in [0.3, 0.4) is 0 Å². The predicted molar refractivity (Wildman–Crippen MR) is 117 cm³/mol. The Morgan fingerprint density at radius 2 is 2.13 bits per heavy atom. The van der Waals surface area contributed by atoms with Gasteiger partial charge in [-0.05, 0) is 45.0 Å². The quantitative estimate of drug-likeness (QED) is 0.479. The molecule has 1 amide bonds. The summed E-state index contributed by atoms with van der Waals surface area (Å²) in [7, 11) is 0. The fourth-order valence-electron chi connectivity index (χ4n) is 3.65. The van der Waals surface area contributed by atoms with Crippen molar-refractivity contribution in [1.82, 2.24) is 15.6 Å². The molecule has 10 heteroatoms. The van der Waals surface area contributed by atoms with E-state index in [1.807, 2.05) is 0 Å². The van der Waals surface area contributed by atoms with Crippen molar-refractivity contribution < 1.29 is 18.3 Å². The number of benzene rings is 1. The van der Waals surface area contributed by atoms with Gasteiger partial charge in [-0.25, -0.2) is 9.37 Å². The van der Waals surface area contributed by atoms with Crippen molar-refractivity contribution in [1.29, 1.82) is 0 Å². The number of carbonyl (C=O) groups is 1. The van der Waals surface area contributed by atoms with E-state index in [2.05, 4.69) is 15.6 Å². The van der Waals surface area contributed by atoms with Gasteiger partial charge < -0.3 is 25.5 Å². The normalized spacial score (nSPS) is 15.7. The van der Waals surface area contributed by atoms with Gasteiger partial charge in [0, 0.05) is 22.8 Å². The van der Waals surface area contributed by atoms with E-state index in [0.29, 0.717) is 10.9 Å². The second kappa shape index (κ2) is 8.90. The molecule has 1 aliphatic heterocycles. The first-order valence-corrected chi connectivity index (χ1v) is 10.6. The molecule has 0 bridgehead atoms. The summed E-state index contributed by atoms with van der Waals surface area (Å²) in [5, 5.41) is 6.84. The van der Waals surface area contributed by atoms with Gasteiger partial charge in [-0.1, -0.05) is 23.2 Å². The highest BCUT2D eigenvalue weighted by atomic mass is 35.5. The van der Waals surface area contributed by atoms with Crippen molar-refractivity contribution in [3.63, 3.8) is 0 Å². The second-order valence-electron chi connectivity index (χ2n) is 7.38. The molecule has 0 aliphatic carbocycles. The number of pyridine rings is 1. The van der Waals surface area contributed by atoms with Crippen molar-refractivity contribution in [3.05, 3.63) is 51.6 Å². The van der Waals surface area contributed by atoms with E-state index in [-0.39, 0.29) is 44.7 Å². The van der Waals surface area contributed by atoms with Crippen LogP contribution in [0.25, 0.3) is 11.0 Å². The minimum absolute atomic E-state index is 0.0580. The molecular formula is C21H21Cl2FN4O3. The second-order valence-corrected chi connectivity index (χ2v) is 8.16. The molecule has 1 saturated heterocycles. The van der Waals surface area contributed by atoms with Crippen molar-refractivity contribution in [2.24, 2.45) is 0 Å². The molecule has 2 aromatic heterocycles. The van der Waals surface area contributed by atoms with Crippen molar-refractivity contribution in [2.75, 3.05) is 18.8 Å². The number of fused-ring (bicyclic) bond motifs is 1. The summed E-state index contributed by atoms with van der Waals surface area (Å²) in [6, 6.07) is 2.67. The van der Waals surface area contributed by atoms with Crippen LogP contribution in [-0.4, -0.2) is 30.0 Å². The number of hydrogen-bond acceptors (Lipinski definition) is 6. The van der Waals surface area contributed by atoms with Gasteiger partial charge in [0.25, 0.3) is 5.91 Å². The van der Waals surface area contributed by atoms with E-state index in [4.69, 9.17) is 38.1 Å². The van der Waals surface area contributed by atoms with Crippen molar-refractivity contribution >= 4 is 45.9 Å². The maximum absolute atomic E-state index is 13.9. The van der Waals surface area contributed by atoms with Crippen LogP contribution in [0.5, 0.6) is 5.75 Å². The molecule has 0 radical (unpaired) electrons. The zero-order chi connectivity index (χ0) is 22.1. The lowest BCUT2D eigenvalue weighted by molar-refractivity contribution is 0.0930. The summed E-state index contributed by atoms with van der Waals surface area (Å²) >= 11 is 12.3. The molecule has 1 fully saturated rings. The SMILES string of the molecule is C[C@@H](Oc1c(N)ncc2c(C(=O)NC3CCNCC3)coc12)c1c(Cl)ccc(F)c1Cl. The Labute approximate surface area is 188 Å². The molecule has 4 N–H and O–H groups in total. The molecule has 4 rings (SSSR count). The summed E-state index contributed by atoms with van der Waals surface area (Å²) in [5.74, 6) is -0.687. The highest BCUT2D eigenvalue weighted by Crippen LogP contribution is 2.39. The summed E-state index contributed by atoms with van der Waals surface area (Å²) in [6.45, 7) is 3.37. The lowest BCUT2D eigenvalue weighted by atomic mass is 10.1. The molecule has 0 unspecified atom stereocenters. The first-order chi connectivity index (χ1) is 14.9. The first kappa shape index (κ1) is 21.7. The number of aromatic nitrogens is 1. The largest absolute Gasteiger partial charge is 0.478 e. The Morgan fingerprint density at radius 1 is 1.39 bits per heavy atom. The number of furan rings is 1. The monoisotopic (exact) mass is 466 g/mol. The fraction of sp³-hybridized carbons (Fsp3) is 0.333. The van der Waals surface area contributed by atoms with E-state index in [1.165, 1.54) is 24.6 Å². The summed E-state index contributed by atoms with van der Waals surface area (Å²) in [4.78, 5) is 16.9. The number of piperidine rings is 1. The fourth-order valence-corrected chi connectivity index (χ4v) is 4.33. The number of amides is 1. The third-order valence-corrected chi connectivity index (χ3v) is 6.01. The number of nitrogen functional groups attached to an aromatic ring is 1. The number of ether oxygens (including phenoxy) is 1. The van der Waals surface area contributed by atoms with Crippen LogP contribution in [0.1, 0.15) is 41.8 Å². The Balaban J connectivity index is 1.64. The van der Waals surface area contributed by atoms with E-state index in [0.717, 1.165) is 25.9 Å². The number of hydrogen-bond donors (Lipinski definition) is 3. The number of carbonyl (C=O) groups excluding carboxylic acids is 1. The topological polar surface area (TPSA) is 102 Å². The van der Waals surface area contributed by atoms with Gasteiger partial charge in [-0.3, -0.25) is 4.79 Å². The van der Waals surface area contributed by atoms with Crippen molar-refractivity contribution in [3.8, 4) is 5.75 Å². The molecule has 1 atom stereocenters. The minimum Gasteiger partial charge on any atom is -0.478 e. The zero-order valence-corrected chi connectivity index (χ0v) is 18.2. The van der Waals surface area contributed by atoms with Gasteiger partial charge in [0.2, 0.25) is 5.75 Å². The molecule has 7 nitrogen and oxygen atoms in total. The average Bonchev–Trinajstić information content (AvgIpc) is 3.18. The number of anilines is 1. The number of nitrogens with one attached hydrogen (secondary N) is 2. The van der Waals surface area contributed by atoms with Crippen molar-refractivity contribution in [2.45, 2.75) is 31.9 Å². The minimum atomic E-state index is -0.762. The average molecular weight is 467 g/mol. The maximum atomic E-state index is 13.9. The molecule has 0 saturated carbocycles. The van der Waals surface area contributed by atoms with Gasteiger partial charge in [0.15, 0.2) is 11.4 Å². The van der Waals surface area contributed by atoms with Gasteiger partial charge in [-0.15, -0.1) is 0 Å². The van der Waals surface area contributed by atoms with Crippen LogP contribution in [0.2, 0.25) is 10.0 Å². The Bertz CT molecular complexity index is 1130. The smallest absolute Gasteiger partial charge is 0.255 e. The predicted octanol–water partition coefficient (Wildman–Crippen LogP) is 4.48. The molecule has 31 heavy (non-hydrogen) atoms. The van der Waals surface area contributed by atoms with Crippen LogP contribution < -0.4 is 21.1 Å². The highest BCUT2D eigenvalue weighted by Gasteiger charge is 2.25. The lowest BCUT2D eigenvalue weighted by Gasteiger charge is -2.23. The van der Waals surface area contributed by atoms with Gasteiger partial charge in [0.05, 0.1) is 16.0 Å². The van der Waals surface area contributed by atoms with Crippen LogP contribution in [0.15, 0.2) is 29.0 Å². The standard InChI is InChI=1S/C21H21Cl2FN4O3/c1-10(16-14(22)2-3-15(24)17(16)23)31-19-18-12(8-27-20(19)25)13(9-30-18)21(29)28-11-4-6-26-7-5-11/h2-3,8-11,26H,4-7H2,1H3,(H2,25,27)(H,28,29)/t10-/m1/s1. The Kier molecular flexibility index (Phi) is 6.22. The number of halogens is 3. The number of nitrogens with zero attached hydrogens (tertiary/aromatic N) is 1. The van der Waals surface area contributed by atoms with E-state index in [9.17, 15) is 9.18 Å². The molecule has 164 valence electrons. The zero-order valence-electron chi connectivity index (χ0n) is 16.7. The molecule has 3 heterocycles. The Morgan fingerprint density at radius 3 is 2.87 bits per heavy atom. The van der Waals surface area contributed by atoms with Crippen LogP contribution >= 0.6 is 23.2 Å². The summed E-state index contributed by atoms with van der Waals surface area (Å²) < 4.78 is 25.5. The third-order valence-electron chi connectivity index (χ3n) is 5.30. The first-order valence-electron chi connectivity index (χ1n) is 9.84. The van der Waals surface area contributed by atoms with E-state index >= 15 is 0 Å². The van der Waals surface area contributed by atoms with E-state index in [1.54, 1.807) is 6.92 Å². The molecule has 0 spiro atoms. The molecule has 3 aromatic rings. The molecule has 1 aliphatic rings. The van der Waals surface area contributed by atoms with Gasteiger partial charge >= 0.3 is 0 Å². The summed E-state index contributed by atoms with van der Waals surface area (Å²) in [6.07, 6.45) is 3.76.